The zero-order valence-electron chi connectivity index (χ0n) is 18.5. The highest BCUT2D eigenvalue weighted by atomic mass is 16.5. The molecule has 12 heteroatoms. The Balaban J connectivity index is 1.31. The lowest BCUT2D eigenvalue weighted by Crippen LogP contribution is -2.41. The minimum absolute atomic E-state index is 0.131. The first kappa shape index (κ1) is 20.5. The molecular weight excluding hydrogens is 436 g/mol. The van der Waals surface area contributed by atoms with Gasteiger partial charge in [-0.05, 0) is 25.0 Å². The molecule has 2 fully saturated rings. The van der Waals surface area contributed by atoms with Crippen molar-refractivity contribution in [2.45, 2.75) is 37.3 Å². The number of aromatic amines is 1. The third-order valence-corrected chi connectivity index (χ3v) is 6.20. The summed E-state index contributed by atoms with van der Waals surface area (Å²) in [7, 11) is 1.64. The molecule has 0 spiro atoms. The van der Waals surface area contributed by atoms with Crippen LogP contribution in [0.4, 0.5) is 23.5 Å². The molecule has 1 amide bonds. The highest BCUT2D eigenvalue weighted by molar-refractivity contribution is 5.96. The normalized spacial score (nSPS) is 20.1. The number of ether oxygens (including phenoxy) is 1. The average molecular weight is 461 g/mol. The summed E-state index contributed by atoms with van der Waals surface area (Å²) in [5.41, 5.74) is 1.84. The molecule has 6 rings (SSSR count). The van der Waals surface area contributed by atoms with Gasteiger partial charge in [0, 0.05) is 56.3 Å². The van der Waals surface area contributed by atoms with Gasteiger partial charge in [-0.2, -0.15) is 15.1 Å². The molecule has 0 radical (unpaired) electrons. The lowest BCUT2D eigenvalue weighted by atomic mass is 10.2. The Labute approximate surface area is 194 Å². The van der Waals surface area contributed by atoms with Crippen LogP contribution in [0.15, 0.2) is 43.0 Å². The molecule has 0 unspecified atom stereocenters. The minimum Gasteiger partial charge on any atom is -0.380 e. The summed E-state index contributed by atoms with van der Waals surface area (Å²) in [5.74, 6) is 2.44. The largest absolute Gasteiger partial charge is 0.380 e. The summed E-state index contributed by atoms with van der Waals surface area (Å²) in [5, 5.41) is 13.6. The van der Waals surface area contributed by atoms with Crippen LogP contribution in [0, 0.1) is 0 Å². The summed E-state index contributed by atoms with van der Waals surface area (Å²) in [6.07, 6.45) is 9.24. The van der Waals surface area contributed by atoms with Crippen molar-refractivity contribution in [2.75, 3.05) is 29.2 Å². The second-order valence-electron chi connectivity index (χ2n) is 8.53. The summed E-state index contributed by atoms with van der Waals surface area (Å²) < 4.78 is 7.44. The van der Waals surface area contributed by atoms with E-state index in [1.165, 1.54) is 25.2 Å². The number of anilines is 4. The molecule has 4 aromatic heterocycles. The molecule has 2 atom stereocenters. The first-order valence-electron chi connectivity index (χ1n) is 11.2. The molecule has 12 nitrogen and oxygen atoms in total. The van der Waals surface area contributed by atoms with Gasteiger partial charge < -0.3 is 20.3 Å². The van der Waals surface area contributed by atoms with E-state index in [-0.39, 0.29) is 12.0 Å². The van der Waals surface area contributed by atoms with Gasteiger partial charge >= 0.3 is 0 Å². The van der Waals surface area contributed by atoms with Crippen LogP contribution in [0.5, 0.6) is 0 Å². The van der Waals surface area contributed by atoms with E-state index in [0.717, 1.165) is 5.69 Å². The van der Waals surface area contributed by atoms with E-state index >= 15 is 0 Å². The predicted octanol–water partition coefficient (Wildman–Crippen LogP) is 2.10. The Hall–Kier alpha value is -4.06. The molecule has 174 valence electrons. The third-order valence-electron chi connectivity index (χ3n) is 6.20. The lowest BCUT2D eigenvalue weighted by molar-refractivity contribution is -0.117. The maximum absolute atomic E-state index is 13.2. The molecule has 0 bridgehead atoms. The molecule has 1 aliphatic carbocycles. The van der Waals surface area contributed by atoms with E-state index in [1.54, 1.807) is 13.3 Å². The van der Waals surface area contributed by atoms with Gasteiger partial charge in [0.1, 0.15) is 11.7 Å². The van der Waals surface area contributed by atoms with Crippen LogP contribution in [-0.4, -0.2) is 66.2 Å². The highest BCUT2D eigenvalue weighted by Gasteiger charge is 2.39. The minimum atomic E-state index is -0.524. The van der Waals surface area contributed by atoms with Crippen LogP contribution in [-0.2, 0) is 9.53 Å². The van der Waals surface area contributed by atoms with Gasteiger partial charge in [-0.1, -0.05) is 0 Å². The van der Waals surface area contributed by atoms with Crippen LogP contribution >= 0.6 is 0 Å². The Morgan fingerprint density at radius 3 is 2.94 bits per heavy atom. The van der Waals surface area contributed by atoms with Crippen molar-refractivity contribution in [2.24, 2.45) is 0 Å². The lowest BCUT2D eigenvalue weighted by Gasteiger charge is -2.24. The quantitative estimate of drug-likeness (QED) is 0.378. The first-order valence-corrected chi connectivity index (χ1v) is 11.2. The number of H-pyrrole nitrogens is 1. The predicted molar refractivity (Wildman–Crippen MR) is 124 cm³/mol. The van der Waals surface area contributed by atoms with Crippen LogP contribution in [0.3, 0.4) is 0 Å². The fraction of sp³-hybridized carbons (Fsp3) is 0.364. The van der Waals surface area contributed by atoms with E-state index in [2.05, 4.69) is 30.8 Å². The number of hydrogen-bond acceptors (Lipinski definition) is 9. The number of fused-ring (bicyclic) bond motifs is 1. The van der Waals surface area contributed by atoms with Crippen molar-refractivity contribution >= 4 is 35.1 Å². The molecular formula is C22H24N10O2. The Kier molecular flexibility index (Phi) is 5.06. The monoisotopic (exact) mass is 460 g/mol. The van der Waals surface area contributed by atoms with Crippen molar-refractivity contribution in [3.8, 4) is 0 Å². The molecule has 0 aromatic carbocycles. The van der Waals surface area contributed by atoms with Gasteiger partial charge in [0.2, 0.25) is 17.8 Å². The topological polar surface area (TPSA) is 138 Å². The van der Waals surface area contributed by atoms with Crippen LogP contribution in [0.25, 0.3) is 5.65 Å². The van der Waals surface area contributed by atoms with E-state index < -0.39 is 6.04 Å². The van der Waals surface area contributed by atoms with E-state index in [0.29, 0.717) is 48.1 Å². The molecule has 34 heavy (non-hydrogen) atoms. The van der Waals surface area contributed by atoms with Gasteiger partial charge in [-0.15, -0.1) is 0 Å². The second kappa shape index (κ2) is 8.37. The van der Waals surface area contributed by atoms with Crippen molar-refractivity contribution in [3.05, 3.63) is 48.7 Å². The van der Waals surface area contributed by atoms with Crippen molar-refractivity contribution in [3.63, 3.8) is 0 Å². The number of hydrogen-bond donors (Lipinski definition) is 3. The number of carbonyl (C=O) groups excluding carboxylic acids is 1. The van der Waals surface area contributed by atoms with Gasteiger partial charge in [0.15, 0.2) is 11.6 Å². The molecule has 3 N–H and O–H groups in total. The number of nitrogens with zero attached hydrogens (tertiary/aromatic N) is 7. The maximum atomic E-state index is 13.2. The maximum Gasteiger partial charge on any atom is 0.248 e. The number of nitrogens with one attached hydrogen (secondary N) is 3. The fourth-order valence-corrected chi connectivity index (χ4v) is 4.26. The summed E-state index contributed by atoms with van der Waals surface area (Å²) >= 11 is 0. The molecule has 1 saturated carbocycles. The molecule has 1 saturated heterocycles. The number of rotatable bonds is 7. The van der Waals surface area contributed by atoms with Crippen molar-refractivity contribution in [1.82, 2.24) is 34.5 Å². The Morgan fingerprint density at radius 2 is 2.15 bits per heavy atom. The Bertz CT molecular complexity index is 1320. The van der Waals surface area contributed by atoms with Crippen molar-refractivity contribution in [1.29, 1.82) is 0 Å². The summed E-state index contributed by atoms with van der Waals surface area (Å²) in [4.78, 5) is 32.7. The number of aromatic nitrogens is 7. The average Bonchev–Trinajstić information content (AvgIpc) is 3.24. The van der Waals surface area contributed by atoms with Crippen molar-refractivity contribution < 1.29 is 9.53 Å². The number of methoxy groups -OCH3 is 1. The van der Waals surface area contributed by atoms with E-state index in [4.69, 9.17) is 14.7 Å². The summed E-state index contributed by atoms with van der Waals surface area (Å²) in [6, 6.07) is 5.29. The molecule has 4 aromatic rings. The standard InChI is InChI=1S/C22H24N10O2/c1-34-14-9-16(20(33)25-18-11-23-6-7-24-18)32(12-14)22-27-19-3-2-8-31(19)21(28-22)26-17-10-15(29-30-17)13-4-5-13/h2-3,6-8,10-11,13-14,16H,4-5,9,12H2,1H3,(H,24,25,33)(H2,26,27,28,29,30)/t14-,16-/m0/s1. The van der Waals surface area contributed by atoms with Gasteiger partial charge in [-0.25, -0.2) is 4.98 Å². The number of amides is 1. The Morgan fingerprint density at radius 1 is 1.24 bits per heavy atom. The second-order valence-corrected chi connectivity index (χ2v) is 8.53. The number of carbonyl (C=O) groups is 1. The zero-order chi connectivity index (χ0) is 23.1. The third kappa shape index (κ3) is 3.92. The van der Waals surface area contributed by atoms with Crippen LogP contribution < -0.4 is 15.5 Å². The van der Waals surface area contributed by atoms with E-state index in [1.807, 2.05) is 33.7 Å². The van der Waals surface area contributed by atoms with Gasteiger partial charge in [-0.3, -0.25) is 19.3 Å². The van der Waals surface area contributed by atoms with Crippen LogP contribution in [0.1, 0.15) is 30.9 Å². The SMILES string of the molecule is CO[C@H]1C[C@@H](C(=O)Nc2cnccn2)N(c2nc(Nc3cc(C4CC4)[nH]n3)n3cccc3n2)C1. The summed E-state index contributed by atoms with van der Waals surface area (Å²) in [6.45, 7) is 0.486. The fourth-order valence-electron chi connectivity index (χ4n) is 4.26. The van der Waals surface area contributed by atoms with E-state index in [9.17, 15) is 4.79 Å². The van der Waals surface area contributed by atoms with Crippen LogP contribution in [0.2, 0.25) is 0 Å². The first-order chi connectivity index (χ1) is 16.7. The van der Waals surface area contributed by atoms with Gasteiger partial charge in [0.25, 0.3) is 0 Å². The zero-order valence-corrected chi connectivity index (χ0v) is 18.5. The molecule has 1 aliphatic heterocycles. The smallest absolute Gasteiger partial charge is 0.248 e. The molecule has 2 aliphatic rings. The van der Waals surface area contributed by atoms with Gasteiger partial charge in [0.05, 0.1) is 12.3 Å². The molecule has 5 heterocycles. The highest BCUT2D eigenvalue weighted by Crippen LogP contribution is 2.39.